The predicted molar refractivity (Wildman–Crippen MR) is 104 cm³/mol. The molecule has 0 heterocycles. The molecule has 0 spiro atoms. The number of nitrogens with zero attached hydrogens (tertiary/aromatic N) is 4. The Kier molecular flexibility index (Phi) is 3.74. The Bertz CT molecular complexity index is 1240. The number of phenolic OH excluding ortho intramolecular Hbond substituents is 2. The first-order chi connectivity index (χ1) is 13.5. The molecule has 0 amide bonds. The Morgan fingerprint density at radius 1 is 0.429 bits per heavy atom. The van der Waals surface area contributed by atoms with Crippen molar-refractivity contribution in [3.8, 4) is 11.5 Å². The molecule has 0 bridgehead atoms. The van der Waals surface area contributed by atoms with Crippen LogP contribution in [0.3, 0.4) is 0 Å². The van der Waals surface area contributed by atoms with Gasteiger partial charge in [-0.2, -0.15) is 0 Å². The summed E-state index contributed by atoms with van der Waals surface area (Å²) in [5.41, 5.74) is -0.894. The number of hydrogen-bond donors (Lipinski definition) is 2. The lowest BCUT2D eigenvalue weighted by atomic mass is 9.92. The molecule has 0 saturated heterocycles. The summed E-state index contributed by atoms with van der Waals surface area (Å²) < 4.78 is 0. The van der Waals surface area contributed by atoms with Gasteiger partial charge in [0.1, 0.15) is 34.2 Å². The van der Waals surface area contributed by atoms with E-state index in [2.05, 4.69) is 20.7 Å². The van der Waals surface area contributed by atoms with Crippen LogP contribution in [0, 0.1) is 19.6 Å². The third kappa shape index (κ3) is 2.28. The van der Waals surface area contributed by atoms with E-state index in [0.29, 0.717) is 32.3 Å². The van der Waals surface area contributed by atoms with Gasteiger partial charge in [-0.3, -0.25) is 0 Å². The first-order valence-electron chi connectivity index (χ1n) is 7.79. The molecule has 4 aromatic carbocycles. The minimum atomic E-state index is -0.395. The highest BCUT2D eigenvalue weighted by Gasteiger charge is 2.18. The van der Waals surface area contributed by atoms with Crippen LogP contribution in [0.4, 0.5) is 22.7 Å². The van der Waals surface area contributed by atoms with Gasteiger partial charge in [-0.05, 0) is 89.4 Å². The predicted octanol–water partition coefficient (Wildman–Crippen LogP) is 6.15. The molecule has 28 heavy (non-hydrogen) atoms. The monoisotopic (exact) mass is 376 g/mol. The lowest BCUT2D eigenvalue weighted by Crippen LogP contribution is -1.85. The molecule has 0 aliphatic rings. The molecule has 0 unspecified atom stereocenters. The highest BCUT2D eigenvalue weighted by molar-refractivity contribution is 6.27. The molecule has 2 N–H and O–H groups in total. The fourth-order valence-electron chi connectivity index (χ4n) is 3.36. The van der Waals surface area contributed by atoms with Gasteiger partial charge in [0.05, 0.1) is 0 Å². The summed E-state index contributed by atoms with van der Waals surface area (Å²) in [4.78, 5) is 44.2. The minimum Gasteiger partial charge on any atom is -0.506 e. The first-order valence-corrected chi connectivity index (χ1v) is 7.79. The Morgan fingerprint density at radius 3 is 0.964 bits per heavy atom. The van der Waals surface area contributed by atoms with Gasteiger partial charge in [-0.15, -0.1) is 19.6 Å². The van der Waals surface area contributed by atoms with Crippen LogP contribution in [0.5, 0.6) is 11.5 Å². The zero-order valence-electron chi connectivity index (χ0n) is 13.8. The number of aromatic hydroxyl groups is 2. The maximum absolute atomic E-state index is 11.1. The van der Waals surface area contributed by atoms with Gasteiger partial charge in [0.15, 0.2) is 0 Å². The van der Waals surface area contributed by atoms with Crippen LogP contribution in [-0.2, 0) is 0 Å². The molecule has 10 nitrogen and oxygen atoms in total. The lowest BCUT2D eigenvalue weighted by molar-refractivity contribution is 0.477. The lowest BCUT2D eigenvalue weighted by Gasteiger charge is -2.13. The molecule has 0 radical (unpaired) electrons. The highest BCUT2D eigenvalue weighted by atomic mass is 16.3. The zero-order valence-corrected chi connectivity index (χ0v) is 13.8. The Balaban J connectivity index is 2.37. The van der Waals surface area contributed by atoms with E-state index >= 15 is 0 Å². The van der Waals surface area contributed by atoms with Crippen molar-refractivity contribution in [2.45, 2.75) is 0 Å². The molecule has 136 valence electrons. The van der Waals surface area contributed by atoms with Crippen molar-refractivity contribution >= 4 is 55.1 Å². The van der Waals surface area contributed by atoms with Crippen LogP contribution >= 0.6 is 0 Å². The number of rotatable bonds is 4. The van der Waals surface area contributed by atoms with Gasteiger partial charge >= 0.3 is 0 Å². The van der Waals surface area contributed by atoms with E-state index in [0.717, 1.165) is 0 Å². The molecule has 0 atom stereocenters. The van der Waals surface area contributed by atoms with Crippen molar-refractivity contribution in [1.82, 2.24) is 0 Å². The van der Waals surface area contributed by atoms with Crippen LogP contribution < -0.4 is 0 Å². The molecule has 10 heteroatoms. The van der Waals surface area contributed by atoms with Gasteiger partial charge in [0.25, 0.3) is 0 Å². The van der Waals surface area contributed by atoms with Gasteiger partial charge in [-0.1, -0.05) is 0 Å². The second kappa shape index (κ2) is 6.13. The smallest absolute Gasteiger partial charge is 0.150 e. The summed E-state index contributed by atoms with van der Waals surface area (Å²) in [6.07, 6.45) is 0. The fraction of sp³-hybridized carbons (Fsp3) is 0. The second-order valence-electron chi connectivity index (χ2n) is 6.02. The normalized spacial score (nSPS) is 11.0. The molecule has 0 saturated carbocycles. The van der Waals surface area contributed by atoms with Gasteiger partial charge < -0.3 is 10.2 Å². The van der Waals surface area contributed by atoms with Gasteiger partial charge in [0.2, 0.25) is 0 Å². The number of nitroso groups, excluding NO2 is 4. The molecule has 0 aromatic heterocycles. The molecule has 4 rings (SSSR count). The van der Waals surface area contributed by atoms with Crippen LogP contribution in [0.2, 0.25) is 0 Å². The van der Waals surface area contributed by atoms with Crippen LogP contribution in [0.15, 0.2) is 57.1 Å². The van der Waals surface area contributed by atoms with E-state index in [4.69, 9.17) is 0 Å². The molecule has 0 aliphatic carbocycles. The zero-order chi connectivity index (χ0) is 20.0. The van der Waals surface area contributed by atoms with Crippen molar-refractivity contribution in [2.24, 2.45) is 20.7 Å². The van der Waals surface area contributed by atoms with Crippen LogP contribution in [-0.4, -0.2) is 10.2 Å². The van der Waals surface area contributed by atoms with Gasteiger partial charge in [-0.25, -0.2) is 0 Å². The summed E-state index contributed by atoms with van der Waals surface area (Å²) in [7, 11) is 0. The topological polar surface area (TPSA) is 158 Å². The van der Waals surface area contributed by atoms with Crippen molar-refractivity contribution in [2.75, 3.05) is 0 Å². The van der Waals surface area contributed by atoms with Crippen molar-refractivity contribution in [1.29, 1.82) is 0 Å². The summed E-state index contributed by atoms with van der Waals surface area (Å²) >= 11 is 0. The quantitative estimate of drug-likeness (QED) is 0.321. The van der Waals surface area contributed by atoms with E-state index in [9.17, 15) is 29.8 Å². The molecular formula is C18H8N4O6. The minimum absolute atomic E-state index is 0.212. The second-order valence-corrected chi connectivity index (χ2v) is 6.02. The van der Waals surface area contributed by atoms with Crippen molar-refractivity contribution in [3.63, 3.8) is 0 Å². The largest absolute Gasteiger partial charge is 0.506 e. The molecular weight excluding hydrogens is 368 g/mol. The van der Waals surface area contributed by atoms with E-state index in [-0.39, 0.29) is 22.7 Å². The summed E-state index contributed by atoms with van der Waals surface area (Å²) in [5, 5.41) is 33.7. The van der Waals surface area contributed by atoms with Crippen molar-refractivity contribution in [3.05, 3.63) is 56.0 Å². The maximum atomic E-state index is 11.1. The fourth-order valence-corrected chi connectivity index (χ4v) is 3.36. The Hall–Kier alpha value is -4.34. The van der Waals surface area contributed by atoms with E-state index < -0.39 is 11.5 Å². The highest BCUT2D eigenvalue weighted by Crippen LogP contribution is 2.46. The number of fused-ring (bicyclic) bond motifs is 6. The third-order valence-corrected chi connectivity index (χ3v) is 4.61. The number of benzene rings is 4. The molecule has 0 aliphatic heterocycles. The average molecular weight is 376 g/mol. The van der Waals surface area contributed by atoms with Crippen LogP contribution in [0.1, 0.15) is 0 Å². The molecule has 4 aromatic rings. The third-order valence-electron chi connectivity index (χ3n) is 4.61. The molecule has 0 fully saturated rings. The SMILES string of the molecule is O=Nc1cc2c(cc1O)c1cc(N=O)c(N=O)cc1c1cc(O)c(N=O)cc12. The Morgan fingerprint density at radius 2 is 0.679 bits per heavy atom. The van der Waals surface area contributed by atoms with Gasteiger partial charge in [0, 0.05) is 0 Å². The standard InChI is InChI=1S/C18H8N4O6/c23-17-5-11-7-1-13(19-25)14(20-26)2-8(7)12-6-18(24)16(22-28)4-10(12)9(11)3-15(17)21-27/h1-6,23-24H. The van der Waals surface area contributed by atoms with E-state index in [1.807, 2.05) is 0 Å². The first kappa shape index (κ1) is 17.1. The Labute approximate surface area is 154 Å². The number of hydrogen-bond acceptors (Lipinski definition) is 10. The number of phenols is 2. The summed E-state index contributed by atoms with van der Waals surface area (Å²) in [5.74, 6) is -0.789. The van der Waals surface area contributed by atoms with Crippen molar-refractivity contribution < 1.29 is 10.2 Å². The van der Waals surface area contributed by atoms with Crippen LogP contribution in [0.25, 0.3) is 32.3 Å². The summed E-state index contributed by atoms with van der Waals surface area (Å²) in [6, 6.07) is 7.80. The average Bonchev–Trinajstić information content (AvgIpc) is 2.72. The summed E-state index contributed by atoms with van der Waals surface area (Å²) in [6.45, 7) is 0. The van der Waals surface area contributed by atoms with E-state index in [1.54, 1.807) is 0 Å². The maximum Gasteiger partial charge on any atom is 0.150 e. The van der Waals surface area contributed by atoms with E-state index in [1.165, 1.54) is 36.4 Å².